The van der Waals surface area contributed by atoms with Crippen molar-refractivity contribution < 1.29 is 9.57 Å². The van der Waals surface area contributed by atoms with Crippen molar-refractivity contribution in [1.29, 1.82) is 0 Å². The van der Waals surface area contributed by atoms with Crippen LogP contribution in [0.1, 0.15) is 18.4 Å². The van der Waals surface area contributed by atoms with Crippen molar-refractivity contribution in [2.24, 2.45) is 11.1 Å². The third-order valence-corrected chi connectivity index (χ3v) is 2.38. The molecule has 1 aliphatic rings. The second kappa shape index (κ2) is 4.82. The van der Waals surface area contributed by atoms with Crippen LogP contribution in [0.2, 0.25) is 0 Å². The molecule has 15 heavy (non-hydrogen) atoms. The molecule has 80 valence electrons. The first kappa shape index (κ1) is 10.0. The Balaban J connectivity index is 1.85. The van der Waals surface area contributed by atoms with Crippen molar-refractivity contribution in [1.82, 2.24) is 0 Å². The zero-order valence-corrected chi connectivity index (χ0v) is 8.85. The van der Waals surface area contributed by atoms with E-state index in [9.17, 15) is 0 Å². The fourth-order valence-electron chi connectivity index (χ4n) is 1.30. The van der Waals surface area contributed by atoms with Crippen LogP contribution in [0.3, 0.4) is 0 Å². The molecule has 0 aliphatic heterocycles. The van der Waals surface area contributed by atoms with Gasteiger partial charge in [-0.2, -0.15) is 0 Å². The number of ether oxygens (including phenoxy) is 1. The maximum Gasteiger partial charge on any atom is 0.145 e. The number of para-hydroxylation sites is 1. The molecule has 0 radical (unpaired) electrons. The Labute approximate surface area is 89.7 Å². The van der Waals surface area contributed by atoms with Gasteiger partial charge in [0.05, 0.1) is 7.11 Å². The molecule has 0 spiro atoms. The summed E-state index contributed by atoms with van der Waals surface area (Å²) in [5, 5.41) is 3.92. The molecule has 1 fully saturated rings. The normalized spacial score (nSPS) is 15.5. The van der Waals surface area contributed by atoms with Gasteiger partial charge in [0.25, 0.3) is 0 Å². The van der Waals surface area contributed by atoms with Crippen LogP contribution in [0.4, 0.5) is 0 Å². The molecule has 1 aliphatic carbocycles. The van der Waals surface area contributed by atoms with E-state index in [1.54, 1.807) is 7.11 Å². The van der Waals surface area contributed by atoms with E-state index in [-0.39, 0.29) is 0 Å². The van der Waals surface area contributed by atoms with E-state index in [0.717, 1.165) is 11.3 Å². The molecule has 0 bridgehead atoms. The van der Waals surface area contributed by atoms with Crippen molar-refractivity contribution >= 4 is 6.21 Å². The molecule has 0 amide bonds. The van der Waals surface area contributed by atoms with Crippen LogP contribution in [0, 0.1) is 5.92 Å². The molecule has 2 rings (SSSR count). The van der Waals surface area contributed by atoms with E-state index in [1.807, 2.05) is 30.5 Å². The van der Waals surface area contributed by atoms with Gasteiger partial charge in [0.1, 0.15) is 12.4 Å². The van der Waals surface area contributed by atoms with Crippen LogP contribution >= 0.6 is 0 Å². The van der Waals surface area contributed by atoms with Gasteiger partial charge in [0, 0.05) is 11.8 Å². The van der Waals surface area contributed by atoms with E-state index in [2.05, 4.69) is 5.16 Å². The summed E-state index contributed by atoms with van der Waals surface area (Å²) < 4.78 is 5.20. The largest absolute Gasteiger partial charge is 0.496 e. The lowest BCUT2D eigenvalue weighted by Gasteiger charge is -2.06. The van der Waals surface area contributed by atoms with Crippen molar-refractivity contribution in [3.63, 3.8) is 0 Å². The maximum atomic E-state index is 5.20. The highest BCUT2D eigenvalue weighted by atomic mass is 16.6. The Morgan fingerprint density at radius 2 is 2.20 bits per heavy atom. The molecule has 3 nitrogen and oxygen atoms in total. The Hall–Kier alpha value is -1.51. The molecule has 1 aromatic rings. The van der Waals surface area contributed by atoms with Gasteiger partial charge in [-0.05, 0) is 24.8 Å². The molecule has 0 heterocycles. The lowest BCUT2D eigenvalue weighted by Crippen LogP contribution is -1.93. The van der Waals surface area contributed by atoms with E-state index in [0.29, 0.717) is 12.5 Å². The maximum absolute atomic E-state index is 5.20. The van der Waals surface area contributed by atoms with Gasteiger partial charge in [-0.1, -0.05) is 23.4 Å². The molecule has 0 aromatic heterocycles. The molecule has 0 atom stereocenters. The van der Waals surface area contributed by atoms with E-state index >= 15 is 0 Å². The van der Waals surface area contributed by atoms with Crippen LogP contribution < -0.4 is 4.74 Å². The quantitative estimate of drug-likeness (QED) is 0.546. The molecule has 0 unspecified atom stereocenters. The topological polar surface area (TPSA) is 30.8 Å². The van der Waals surface area contributed by atoms with Gasteiger partial charge in [-0.3, -0.25) is 0 Å². The van der Waals surface area contributed by atoms with Crippen molar-refractivity contribution in [3.05, 3.63) is 29.8 Å². The van der Waals surface area contributed by atoms with Gasteiger partial charge in [-0.15, -0.1) is 0 Å². The first-order valence-electron chi connectivity index (χ1n) is 5.17. The molecule has 1 saturated carbocycles. The van der Waals surface area contributed by atoms with Crippen LogP contribution in [0.15, 0.2) is 29.4 Å². The minimum atomic E-state index is 0.466. The SMILES string of the molecule is COc1ccccc1CON=CC1CC1. The molecular formula is C12H15NO2. The summed E-state index contributed by atoms with van der Waals surface area (Å²) in [7, 11) is 1.66. The number of hydrogen-bond donors (Lipinski definition) is 0. The number of oxime groups is 1. The second-order valence-electron chi connectivity index (χ2n) is 3.68. The van der Waals surface area contributed by atoms with Crippen LogP contribution in [0.5, 0.6) is 5.75 Å². The van der Waals surface area contributed by atoms with Crippen molar-refractivity contribution in [2.75, 3.05) is 7.11 Å². The smallest absolute Gasteiger partial charge is 0.145 e. The zero-order valence-electron chi connectivity index (χ0n) is 8.85. The highest BCUT2D eigenvalue weighted by Gasteiger charge is 2.18. The lowest BCUT2D eigenvalue weighted by atomic mass is 10.2. The highest BCUT2D eigenvalue weighted by Crippen LogP contribution is 2.26. The second-order valence-corrected chi connectivity index (χ2v) is 3.68. The fraction of sp³-hybridized carbons (Fsp3) is 0.417. The first-order valence-corrected chi connectivity index (χ1v) is 5.17. The van der Waals surface area contributed by atoms with Gasteiger partial charge in [0.15, 0.2) is 0 Å². The van der Waals surface area contributed by atoms with E-state index < -0.39 is 0 Å². The Bertz CT molecular complexity index is 345. The third-order valence-electron chi connectivity index (χ3n) is 2.38. The van der Waals surface area contributed by atoms with E-state index in [1.165, 1.54) is 12.8 Å². The van der Waals surface area contributed by atoms with Gasteiger partial charge < -0.3 is 9.57 Å². The molecule has 0 saturated heterocycles. The zero-order chi connectivity index (χ0) is 10.5. The van der Waals surface area contributed by atoms with Gasteiger partial charge in [-0.25, -0.2) is 0 Å². The average Bonchev–Trinajstić information content (AvgIpc) is 3.09. The Morgan fingerprint density at radius 3 is 2.93 bits per heavy atom. The fourth-order valence-corrected chi connectivity index (χ4v) is 1.30. The summed E-state index contributed by atoms with van der Waals surface area (Å²) >= 11 is 0. The third kappa shape index (κ3) is 2.98. The molecule has 1 aromatic carbocycles. The predicted molar refractivity (Wildman–Crippen MR) is 59.0 cm³/mol. The molecule has 3 heteroatoms. The summed E-state index contributed by atoms with van der Waals surface area (Å²) in [6.45, 7) is 0.466. The van der Waals surface area contributed by atoms with Crippen LogP contribution in [0.25, 0.3) is 0 Å². The minimum absolute atomic E-state index is 0.466. The predicted octanol–water partition coefficient (Wildman–Crippen LogP) is 2.61. The van der Waals surface area contributed by atoms with Crippen LogP contribution in [-0.4, -0.2) is 13.3 Å². The average molecular weight is 205 g/mol. The molecular weight excluding hydrogens is 190 g/mol. The monoisotopic (exact) mass is 205 g/mol. The number of nitrogens with zero attached hydrogens (tertiary/aromatic N) is 1. The number of hydrogen-bond acceptors (Lipinski definition) is 3. The summed E-state index contributed by atoms with van der Waals surface area (Å²) in [5.41, 5.74) is 1.02. The first-order chi connectivity index (χ1) is 7.40. The Kier molecular flexibility index (Phi) is 3.22. The van der Waals surface area contributed by atoms with Crippen LogP contribution in [-0.2, 0) is 11.4 Å². The summed E-state index contributed by atoms with van der Waals surface area (Å²) in [5.74, 6) is 1.50. The highest BCUT2D eigenvalue weighted by molar-refractivity contribution is 5.62. The van der Waals surface area contributed by atoms with Gasteiger partial charge >= 0.3 is 0 Å². The summed E-state index contributed by atoms with van der Waals surface area (Å²) in [6, 6.07) is 7.80. The number of methoxy groups -OCH3 is 1. The Morgan fingerprint density at radius 1 is 1.40 bits per heavy atom. The van der Waals surface area contributed by atoms with Crippen molar-refractivity contribution in [2.45, 2.75) is 19.4 Å². The summed E-state index contributed by atoms with van der Waals surface area (Å²) in [4.78, 5) is 5.20. The summed E-state index contributed by atoms with van der Waals surface area (Å²) in [6.07, 6.45) is 4.39. The number of benzene rings is 1. The number of rotatable bonds is 5. The van der Waals surface area contributed by atoms with Gasteiger partial charge in [0.2, 0.25) is 0 Å². The minimum Gasteiger partial charge on any atom is -0.496 e. The van der Waals surface area contributed by atoms with E-state index in [4.69, 9.17) is 9.57 Å². The lowest BCUT2D eigenvalue weighted by molar-refractivity contribution is 0.129. The van der Waals surface area contributed by atoms with Crippen molar-refractivity contribution in [3.8, 4) is 5.75 Å². The molecule has 0 N–H and O–H groups in total. The standard InChI is InChI=1S/C12H15NO2/c1-14-12-5-3-2-4-11(12)9-15-13-8-10-6-7-10/h2-5,8,10H,6-7,9H2,1H3.